The predicted molar refractivity (Wildman–Crippen MR) is 109 cm³/mol. The van der Waals surface area contributed by atoms with Gasteiger partial charge in [-0.1, -0.05) is 42.8 Å². The first-order valence-corrected chi connectivity index (χ1v) is 10.4. The van der Waals surface area contributed by atoms with Crippen molar-refractivity contribution in [2.75, 3.05) is 6.61 Å². The lowest BCUT2D eigenvalue weighted by molar-refractivity contribution is -0.757. The normalized spacial score (nSPS) is 19.9. The molecule has 0 amide bonds. The lowest BCUT2D eigenvalue weighted by Gasteiger charge is -2.15. The molecule has 1 aliphatic carbocycles. The van der Waals surface area contributed by atoms with Gasteiger partial charge in [0.2, 0.25) is 0 Å². The van der Waals surface area contributed by atoms with E-state index in [0.717, 1.165) is 25.7 Å². The van der Waals surface area contributed by atoms with E-state index < -0.39 is 5.09 Å². The number of aliphatic hydroxyl groups is 1. The molecule has 2 rings (SSSR count). The molecule has 1 aromatic rings. The molecule has 0 spiro atoms. The predicted octanol–water partition coefficient (Wildman–Crippen LogP) is 4.02. The van der Waals surface area contributed by atoms with Crippen LogP contribution in [0.3, 0.4) is 0 Å². The van der Waals surface area contributed by atoms with E-state index in [-0.39, 0.29) is 31.2 Å². The quantitative estimate of drug-likeness (QED) is 0.175. The van der Waals surface area contributed by atoms with E-state index >= 15 is 0 Å². The maximum Gasteiger partial charge on any atom is 0.306 e. The maximum absolute atomic E-state index is 12.2. The van der Waals surface area contributed by atoms with Gasteiger partial charge in [-0.25, -0.2) is 0 Å². The Morgan fingerprint density at radius 3 is 2.72 bits per heavy atom. The number of hydrogen-bond acceptors (Lipinski definition) is 6. The van der Waals surface area contributed by atoms with Crippen LogP contribution in [0.1, 0.15) is 56.9 Å². The van der Waals surface area contributed by atoms with Crippen LogP contribution in [0.4, 0.5) is 0 Å². The minimum Gasteiger partial charge on any atom is -0.458 e. The van der Waals surface area contributed by atoms with Crippen molar-refractivity contribution in [2.24, 2.45) is 5.92 Å². The van der Waals surface area contributed by atoms with Gasteiger partial charge in [0.25, 0.3) is 5.09 Å². The Hall–Kier alpha value is -2.41. The molecule has 0 bridgehead atoms. The Labute approximate surface area is 171 Å². The van der Waals surface area contributed by atoms with Gasteiger partial charge in [0, 0.05) is 6.42 Å². The zero-order valence-corrected chi connectivity index (χ0v) is 16.8. The summed E-state index contributed by atoms with van der Waals surface area (Å²) in [6.45, 7) is 0.0533. The van der Waals surface area contributed by atoms with Gasteiger partial charge in [0.15, 0.2) is 0 Å². The van der Waals surface area contributed by atoms with E-state index in [9.17, 15) is 20.0 Å². The van der Waals surface area contributed by atoms with E-state index in [1.807, 2.05) is 24.3 Å². The maximum atomic E-state index is 12.2. The Kier molecular flexibility index (Phi) is 10.2. The van der Waals surface area contributed by atoms with Crippen molar-refractivity contribution >= 4 is 5.97 Å². The average molecular weight is 405 g/mol. The van der Waals surface area contributed by atoms with Crippen LogP contribution in [0.5, 0.6) is 0 Å². The first-order chi connectivity index (χ1) is 14.0. The number of aliphatic hydroxyl groups excluding tert-OH is 1. The van der Waals surface area contributed by atoms with Gasteiger partial charge in [0.1, 0.15) is 6.10 Å². The minimum absolute atomic E-state index is 0.0533. The second kappa shape index (κ2) is 12.9. The zero-order valence-electron chi connectivity index (χ0n) is 16.8. The number of benzene rings is 1. The Morgan fingerprint density at radius 2 is 2.03 bits per heavy atom. The molecule has 7 heteroatoms. The molecule has 0 saturated heterocycles. The third-order valence-electron chi connectivity index (χ3n) is 5.11. The zero-order chi connectivity index (χ0) is 20.9. The molecule has 3 atom stereocenters. The third kappa shape index (κ3) is 10.1. The summed E-state index contributed by atoms with van der Waals surface area (Å²) in [4.78, 5) is 26.6. The molecular weight excluding hydrogens is 374 g/mol. The highest BCUT2D eigenvalue weighted by molar-refractivity contribution is 5.69. The van der Waals surface area contributed by atoms with Crippen molar-refractivity contribution in [1.82, 2.24) is 0 Å². The van der Waals surface area contributed by atoms with Crippen molar-refractivity contribution in [3.63, 3.8) is 0 Å². The first kappa shape index (κ1) is 22.9. The molecule has 0 unspecified atom stereocenters. The summed E-state index contributed by atoms with van der Waals surface area (Å²) in [6.07, 6.45) is 9.71. The molecule has 160 valence electrons. The summed E-state index contributed by atoms with van der Waals surface area (Å²) in [5.41, 5.74) is 1.20. The topological polar surface area (TPSA) is 98.9 Å². The van der Waals surface area contributed by atoms with Crippen LogP contribution in [0.15, 0.2) is 42.5 Å². The molecule has 0 radical (unpaired) electrons. The second-order valence-corrected chi connectivity index (χ2v) is 7.53. The first-order valence-electron chi connectivity index (χ1n) is 10.4. The molecular formula is C22H31NO6. The van der Waals surface area contributed by atoms with Crippen molar-refractivity contribution in [2.45, 2.75) is 70.0 Å². The Balaban J connectivity index is 1.77. The third-order valence-corrected chi connectivity index (χ3v) is 5.11. The van der Waals surface area contributed by atoms with Gasteiger partial charge in [-0.15, -0.1) is 10.1 Å². The summed E-state index contributed by atoms with van der Waals surface area (Å²) in [5, 5.41) is 19.0. The molecule has 1 aliphatic rings. The molecule has 0 heterocycles. The number of hydrogen-bond donors (Lipinski definition) is 1. The summed E-state index contributed by atoms with van der Waals surface area (Å²) in [7, 11) is 0. The standard InChI is InChI=1S/C22H31NO6/c24-20-13-10-19(17-20)12-15-21(14-11-18-7-3-1-4-8-18)29-22(25)9-5-2-6-16-28-23(26)27/h1,3-4,7-8,12,15,19-21,24H,2,5-6,9-11,13-14,16-17H2/b15-12+/t19-,20+,21+/m1/s1. The monoisotopic (exact) mass is 405 g/mol. The summed E-state index contributed by atoms with van der Waals surface area (Å²) in [5.74, 6) is 0.0823. The van der Waals surface area contributed by atoms with Crippen molar-refractivity contribution < 1.29 is 24.6 Å². The van der Waals surface area contributed by atoms with E-state index in [0.29, 0.717) is 31.6 Å². The highest BCUT2D eigenvalue weighted by atomic mass is 16.9. The highest BCUT2D eigenvalue weighted by Crippen LogP contribution is 2.27. The van der Waals surface area contributed by atoms with Gasteiger partial charge in [-0.2, -0.15) is 0 Å². The van der Waals surface area contributed by atoms with Gasteiger partial charge in [0.05, 0.1) is 12.7 Å². The number of ether oxygens (including phenoxy) is 1. The van der Waals surface area contributed by atoms with Crippen molar-refractivity contribution in [3.05, 3.63) is 58.2 Å². The number of carbonyl (C=O) groups is 1. The summed E-state index contributed by atoms with van der Waals surface area (Å²) in [6, 6.07) is 10.1. The summed E-state index contributed by atoms with van der Waals surface area (Å²) < 4.78 is 5.68. The van der Waals surface area contributed by atoms with E-state index in [1.54, 1.807) is 0 Å². The van der Waals surface area contributed by atoms with Crippen LogP contribution >= 0.6 is 0 Å². The average Bonchev–Trinajstić information content (AvgIpc) is 3.12. The smallest absolute Gasteiger partial charge is 0.306 e. The minimum atomic E-state index is -0.804. The van der Waals surface area contributed by atoms with Crippen LogP contribution in [0.2, 0.25) is 0 Å². The fourth-order valence-corrected chi connectivity index (χ4v) is 3.51. The lowest BCUT2D eigenvalue weighted by atomic mass is 10.0. The Bertz CT molecular complexity index is 648. The van der Waals surface area contributed by atoms with Gasteiger partial charge in [-0.05, 0) is 62.5 Å². The number of allylic oxidation sites excluding steroid dienone is 1. The Morgan fingerprint density at radius 1 is 1.24 bits per heavy atom. The van der Waals surface area contributed by atoms with Crippen molar-refractivity contribution in [3.8, 4) is 0 Å². The van der Waals surface area contributed by atoms with Crippen LogP contribution in [-0.2, 0) is 20.8 Å². The number of aryl methyl sites for hydroxylation is 1. The second-order valence-electron chi connectivity index (χ2n) is 7.53. The fraction of sp³-hybridized carbons (Fsp3) is 0.591. The van der Waals surface area contributed by atoms with Gasteiger partial charge >= 0.3 is 5.97 Å². The molecule has 1 N–H and O–H groups in total. The molecule has 7 nitrogen and oxygen atoms in total. The SMILES string of the molecule is O=C(CCCCCO[N+](=O)[O-])O[C@H](/C=C/[C@H]1CC[C@H](O)C1)CCc1ccccc1. The van der Waals surface area contributed by atoms with E-state index in [2.05, 4.69) is 23.0 Å². The fourth-order valence-electron chi connectivity index (χ4n) is 3.51. The number of carbonyl (C=O) groups excluding carboxylic acids is 1. The molecule has 1 aromatic carbocycles. The van der Waals surface area contributed by atoms with Crippen LogP contribution in [0, 0.1) is 16.0 Å². The van der Waals surface area contributed by atoms with Gasteiger partial charge < -0.3 is 14.7 Å². The number of nitrogens with zero attached hydrogens (tertiary/aromatic N) is 1. The number of rotatable bonds is 13. The number of esters is 1. The highest BCUT2D eigenvalue weighted by Gasteiger charge is 2.21. The van der Waals surface area contributed by atoms with Crippen LogP contribution < -0.4 is 0 Å². The molecule has 1 saturated carbocycles. The number of unbranched alkanes of at least 4 members (excludes halogenated alkanes) is 2. The van der Waals surface area contributed by atoms with E-state index in [1.165, 1.54) is 5.56 Å². The van der Waals surface area contributed by atoms with Crippen LogP contribution in [0.25, 0.3) is 0 Å². The molecule has 0 aromatic heterocycles. The molecule has 0 aliphatic heterocycles. The van der Waals surface area contributed by atoms with Crippen molar-refractivity contribution in [1.29, 1.82) is 0 Å². The van der Waals surface area contributed by atoms with Gasteiger partial charge in [-0.3, -0.25) is 4.79 Å². The lowest BCUT2D eigenvalue weighted by Crippen LogP contribution is -2.17. The van der Waals surface area contributed by atoms with E-state index in [4.69, 9.17) is 4.74 Å². The molecule has 29 heavy (non-hydrogen) atoms. The summed E-state index contributed by atoms with van der Waals surface area (Å²) >= 11 is 0. The largest absolute Gasteiger partial charge is 0.458 e. The molecule has 1 fully saturated rings. The van der Waals surface area contributed by atoms with Crippen LogP contribution in [-0.4, -0.2) is 35.0 Å².